The van der Waals surface area contributed by atoms with E-state index in [4.69, 9.17) is 5.73 Å². The van der Waals surface area contributed by atoms with Crippen molar-refractivity contribution in [3.05, 3.63) is 12.2 Å². The summed E-state index contributed by atoms with van der Waals surface area (Å²) in [6.07, 6.45) is 1.21. The summed E-state index contributed by atoms with van der Waals surface area (Å²) in [5.41, 5.74) is 5.14. The summed E-state index contributed by atoms with van der Waals surface area (Å²) in [5, 5.41) is 8.39. The number of aromatic nitrogens is 3. The topological polar surface area (TPSA) is 114 Å². The van der Waals surface area contributed by atoms with Crippen molar-refractivity contribution >= 4 is 11.8 Å². The molecule has 15 heavy (non-hydrogen) atoms. The van der Waals surface area contributed by atoms with Crippen molar-refractivity contribution in [2.75, 3.05) is 0 Å². The van der Waals surface area contributed by atoms with E-state index in [-0.39, 0.29) is 11.7 Å². The number of amides is 2. The third-order valence-electron chi connectivity index (χ3n) is 1.89. The molecule has 1 unspecified atom stereocenters. The van der Waals surface area contributed by atoms with Gasteiger partial charge in [-0.3, -0.25) is 14.7 Å². The summed E-state index contributed by atoms with van der Waals surface area (Å²) in [6, 6.07) is -0.706. The molecule has 0 spiro atoms. The molecule has 1 aromatic rings. The Morgan fingerprint density at radius 1 is 1.53 bits per heavy atom. The summed E-state index contributed by atoms with van der Waals surface area (Å²) in [4.78, 5) is 26.1. The number of nitrogens with zero attached hydrogens (tertiary/aromatic N) is 2. The molecule has 0 aliphatic rings. The Kier molecular flexibility index (Phi) is 3.37. The van der Waals surface area contributed by atoms with Gasteiger partial charge < -0.3 is 11.1 Å². The minimum Gasteiger partial charge on any atom is -0.368 e. The number of H-pyrrole nitrogens is 1. The van der Waals surface area contributed by atoms with E-state index in [1.54, 1.807) is 13.8 Å². The normalized spacial score (nSPS) is 12.5. The maximum atomic E-state index is 11.5. The molecule has 0 saturated heterocycles. The number of hydrogen-bond donors (Lipinski definition) is 3. The molecule has 0 saturated carbocycles. The Balaban J connectivity index is 2.67. The molecule has 0 fully saturated rings. The Labute approximate surface area is 86.5 Å². The molecule has 1 atom stereocenters. The van der Waals surface area contributed by atoms with E-state index in [9.17, 15) is 9.59 Å². The van der Waals surface area contributed by atoms with Crippen LogP contribution in [0.4, 0.5) is 0 Å². The van der Waals surface area contributed by atoms with E-state index in [0.717, 1.165) is 0 Å². The van der Waals surface area contributed by atoms with Crippen LogP contribution in [-0.2, 0) is 4.79 Å². The molecule has 1 rings (SSSR count). The van der Waals surface area contributed by atoms with Crippen LogP contribution in [0.1, 0.15) is 24.5 Å². The van der Waals surface area contributed by atoms with E-state index in [2.05, 4.69) is 20.5 Å². The molecule has 0 bridgehead atoms. The highest BCUT2D eigenvalue weighted by Gasteiger charge is 2.23. The Morgan fingerprint density at radius 3 is 2.60 bits per heavy atom. The molecule has 0 radical (unpaired) electrons. The van der Waals surface area contributed by atoms with Crippen LogP contribution in [0.5, 0.6) is 0 Å². The van der Waals surface area contributed by atoms with Crippen LogP contribution in [0, 0.1) is 5.92 Å². The second-order valence-corrected chi connectivity index (χ2v) is 3.43. The molecular formula is C8H13N5O2. The fourth-order valence-corrected chi connectivity index (χ4v) is 1.09. The second kappa shape index (κ2) is 4.54. The van der Waals surface area contributed by atoms with E-state index in [1.807, 2.05) is 0 Å². The predicted octanol–water partition coefficient (Wildman–Crippen LogP) is -0.956. The number of nitrogens with two attached hydrogens (primary N) is 1. The van der Waals surface area contributed by atoms with Gasteiger partial charge in [-0.2, -0.15) is 5.10 Å². The number of hydrogen-bond acceptors (Lipinski definition) is 4. The maximum Gasteiger partial charge on any atom is 0.289 e. The molecular weight excluding hydrogens is 198 g/mol. The van der Waals surface area contributed by atoms with Gasteiger partial charge in [0.25, 0.3) is 5.91 Å². The van der Waals surface area contributed by atoms with Crippen LogP contribution >= 0.6 is 0 Å². The van der Waals surface area contributed by atoms with Gasteiger partial charge in [-0.05, 0) is 5.92 Å². The van der Waals surface area contributed by atoms with E-state index >= 15 is 0 Å². The van der Waals surface area contributed by atoms with Gasteiger partial charge in [0.2, 0.25) is 11.7 Å². The first kappa shape index (κ1) is 11.2. The summed E-state index contributed by atoms with van der Waals surface area (Å²) in [5.74, 6) is -1.08. The van der Waals surface area contributed by atoms with Gasteiger partial charge in [-0.15, -0.1) is 0 Å². The maximum absolute atomic E-state index is 11.5. The van der Waals surface area contributed by atoms with Crippen molar-refractivity contribution < 1.29 is 9.59 Å². The quantitative estimate of drug-likeness (QED) is 0.595. The van der Waals surface area contributed by atoms with Crippen molar-refractivity contribution in [3.63, 3.8) is 0 Å². The summed E-state index contributed by atoms with van der Waals surface area (Å²) < 4.78 is 0. The summed E-state index contributed by atoms with van der Waals surface area (Å²) in [7, 11) is 0. The first-order valence-electron chi connectivity index (χ1n) is 4.48. The standard InChI is InChI=1S/C8H13N5O2/c1-4(2)5(6(9)14)12-8(15)7-10-3-11-13-7/h3-5H,1-2H3,(H2,9,14)(H,12,15)(H,10,11,13). The average Bonchev–Trinajstić information content (AvgIpc) is 2.65. The molecule has 7 heteroatoms. The minimum atomic E-state index is -0.706. The zero-order chi connectivity index (χ0) is 11.4. The largest absolute Gasteiger partial charge is 0.368 e. The number of primary amides is 1. The summed E-state index contributed by atoms with van der Waals surface area (Å²) in [6.45, 7) is 3.58. The third kappa shape index (κ3) is 2.76. The Hall–Kier alpha value is -1.92. The van der Waals surface area contributed by atoms with E-state index in [1.165, 1.54) is 6.33 Å². The van der Waals surface area contributed by atoms with Crippen LogP contribution in [0.3, 0.4) is 0 Å². The molecule has 1 aromatic heterocycles. The minimum absolute atomic E-state index is 0.0573. The van der Waals surface area contributed by atoms with Crippen molar-refractivity contribution in [1.29, 1.82) is 0 Å². The highest BCUT2D eigenvalue weighted by Crippen LogP contribution is 2.01. The predicted molar refractivity (Wildman–Crippen MR) is 51.7 cm³/mol. The number of carbonyl (C=O) groups excluding carboxylic acids is 2. The Morgan fingerprint density at radius 2 is 2.20 bits per heavy atom. The molecule has 0 aliphatic carbocycles. The van der Waals surface area contributed by atoms with Crippen molar-refractivity contribution in [1.82, 2.24) is 20.5 Å². The molecule has 4 N–H and O–H groups in total. The van der Waals surface area contributed by atoms with Gasteiger partial charge in [0.05, 0.1) is 0 Å². The lowest BCUT2D eigenvalue weighted by Gasteiger charge is -2.17. The van der Waals surface area contributed by atoms with Gasteiger partial charge in [0, 0.05) is 0 Å². The fraction of sp³-hybridized carbons (Fsp3) is 0.500. The third-order valence-corrected chi connectivity index (χ3v) is 1.89. The molecule has 82 valence electrons. The van der Waals surface area contributed by atoms with Crippen molar-refractivity contribution in [2.45, 2.75) is 19.9 Å². The first-order chi connectivity index (χ1) is 7.02. The number of aromatic amines is 1. The smallest absolute Gasteiger partial charge is 0.289 e. The van der Waals surface area contributed by atoms with Crippen molar-refractivity contribution in [2.24, 2.45) is 11.7 Å². The summed E-state index contributed by atoms with van der Waals surface area (Å²) >= 11 is 0. The van der Waals surface area contributed by atoms with Crippen LogP contribution in [0.25, 0.3) is 0 Å². The monoisotopic (exact) mass is 211 g/mol. The highest BCUT2D eigenvalue weighted by molar-refractivity contribution is 5.94. The number of nitrogens with one attached hydrogen (secondary N) is 2. The Bertz CT molecular complexity index is 346. The van der Waals surface area contributed by atoms with E-state index in [0.29, 0.717) is 0 Å². The first-order valence-corrected chi connectivity index (χ1v) is 4.48. The fourth-order valence-electron chi connectivity index (χ4n) is 1.09. The highest BCUT2D eigenvalue weighted by atomic mass is 16.2. The van der Waals surface area contributed by atoms with Gasteiger partial charge in [-0.25, -0.2) is 4.98 Å². The lowest BCUT2D eigenvalue weighted by atomic mass is 10.0. The van der Waals surface area contributed by atoms with Crippen LogP contribution < -0.4 is 11.1 Å². The lowest BCUT2D eigenvalue weighted by molar-refractivity contribution is -0.120. The van der Waals surface area contributed by atoms with Crippen LogP contribution in [0.2, 0.25) is 0 Å². The zero-order valence-electron chi connectivity index (χ0n) is 8.52. The second-order valence-electron chi connectivity index (χ2n) is 3.43. The van der Waals surface area contributed by atoms with Crippen LogP contribution in [0.15, 0.2) is 6.33 Å². The van der Waals surface area contributed by atoms with Gasteiger partial charge >= 0.3 is 0 Å². The lowest BCUT2D eigenvalue weighted by Crippen LogP contribution is -2.47. The van der Waals surface area contributed by atoms with Crippen molar-refractivity contribution in [3.8, 4) is 0 Å². The SMILES string of the molecule is CC(C)C(NC(=O)c1ncn[nH]1)C(N)=O. The van der Waals surface area contributed by atoms with Gasteiger partial charge in [0.1, 0.15) is 12.4 Å². The molecule has 0 aromatic carbocycles. The zero-order valence-corrected chi connectivity index (χ0v) is 8.52. The van der Waals surface area contributed by atoms with Gasteiger partial charge in [-0.1, -0.05) is 13.8 Å². The molecule has 1 heterocycles. The molecule has 7 nitrogen and oxygen atoms in total. The molecule has 0 aliphatic heterocycles. The van der Waals surface area contributed by atoms with Crippen LogP contribution in [-0.4, -0.2) is 33.0 Å². The number of carbonyl (C=O) groups is 2. The molecule has 2 amide bonds. The average molecular weight is 211 g/mol. The number of rotatable bonds is 4. The van der Waals surface area contributed by atoms with Gasteiger partial charge in [0.15, 0.2) is 0 Å². The van der Waals surface area contributed by atoms with E-state index < -0.39 is 17.9 Å².